The molecule has 0 aromatic heterocycles. The van der Waals surface area contributed by atoms with E-state index >= 15 is 0 Å². The lowest BCUT2D eigenvalue weighted by Crippen LogP contribution is -2.34. The summed E-state index contributed by atoms with van der Waals surface area (Å²) in [6.07, 6.45) is -0.507. The van der Waals surface area contributed by atoms with Crippen LogP contribution in [0.2, 0.25) is 0 Å². The summed E-state index contributed by atoms with van der Waals surface area (Å²) >= 11 is 0. The topological polar surface area (TPSA) is 70.7 Å². The molecule has 0 heterocycles. The normalized spacial score (nSPS) is 9.90. The van der Waals surface area contributed by atoms with Gasteiger partial charge >= 0.3 is 12.1 Å². The van der Waals surface area contributed by atoms with Gasteiger partial charge in [0.25, 0.3) is 0 Å². The van der Waals surface area contributed by atoms with E-state index in [0.29, 0.717) is 31.1 Å². The molecule has 116 valence electrons. The molecule has 6 nitrogen and oxygen atoms in total. The van der Waals surface area contributed by atoms with Crippen LogP contribution in [0.25, 0.3) is 0 Å². The van der Waals surface area contributed by atoms with Crippen molar-refractivity contribution < 1.29 is 14.3 Å². The van der Waals surface area contributed by atoms with Gasteiger partial charge in [-0.15, -0.1) is 0 Å². The van der Waals surface area contributed by atoms with Crippen molar-refractivity contribution in [3.63, 3.8) is 0 Å². The van der Waals surface area contributed by atoms with E-state index in [1.807, 2.05) is 20.8 Å². The van der Waals surface area contributed by atoms with Gasteiger partial charge < -0.3 is 15.0 Å². The maximum absolute atomic E-state index is 12.1. The lowest BCUT2D eigenvalue weighted by molar-refractivity contribution is 0.168. The first kappa shape index (κ1) is 16.8. The van der Waals surface area contributed by atoms with Gasteiger partial charge in [-0.05, 0) is 45.4 Å². The van der Waals surface area contributed by atoms with E-state index in [0.717, 1.165) is 5.56 Å². The Morgan fingerprint density at radius 2 is 1.67 bits per heavy atom. The van der Waals surface area contributed by atoms with Gasteiger partial charge in [0, 0.05) is 24.5 Å². The molecule has 1 aromatic carbocycles. The van der Waals surface area contributed by atoms with Crippen LogP contribution in [0, 0.1) is 6.92 Å². The molecule has 0 unspecified atom stereocenters. The molecule has 0 aliphatic rings. The standard InChI is InChI=1S/C15H23N3O3/c1-5-18(6-2)14(19)16-12-9-8-10-13(11(12)4)17-15(20)21-7-3/h8-10H,5-7H2,1-4H3,(H,16,19)(H,17,20). The summed E-state index contributed by atoms with van der Waals surface area (Å²) in [6.45, 7) is 9.02. The second kappa shape index (κ2) is 8.14. The van der Waals surface area contributed by atoms with Crippen LogP contribution in [-0.2, 0) is 4.74 Å². The van der Waals surface area contributed by atoms with Gasteiger partial charge in [0.05, 0.1) is 6.61 Å². The van der Waals surface area contributed by atoms with Crippen molar-refractivity contribution in [2.45, 2.75) is 27.7 Å². The van der Waals surface area contributed by atoms with Crippen LogP contribution < -0.4 is 10.6 Å². The minimum absolute atomic E-state index is 0.156. The third-order valence-electron chi connectivity index (χ3n) is 3.14. The van der Waals surface area contributed by atoms with Crippen molar-refractivity contribution in [3.05, 3.63) is 23.8 Å². The van der Waals surface area contributed by atoms with Crippen LogP contribution in [0.5, 0.6) is 0 Å². The largest absolute Gasteiger partial charge is 0.450 e. The fourth-order valence-corrected chi connectivity index (χ4v) is 1.89. The Morgan fingerprint density at radius 3 is 2.19 bits per heavy atom. The molecule has 3 amide bonds. The zero-order valence-corrected chi connectivity index (χ0v) is 13.0. The molecule has 0 aliphatic carbocycles. The molecule has 0 saturated carbocycles. The summed E-state index contributed by atoms with van der Waals surface area (Å²) in [5.41, 5.74) is 2.07. The Hall–Kier alpha value is -2.24. The SMILES string of the molecule is CCOC(=O)Nc1cccc(NC(=O)N(CC)CC)c1C. The predicted molar refractivity (Wildman–Crippen MR) is 83.8 cm³/mol. The monoisotopic (exact) mass is 293 g/mol. The van der Waals surface area contributed by atoms with Gasteiger partial charge in [0.2, 0.25) is 0 Å². The highest BCUT2D eigenvalue weighted by atomic mass is 16.5. The quantitative estimate of drug-likeness (QED) is 0.873. The molecule has 0 radical (unpaired) electrons. The van der Waals surface area contributed by atoms with Crippen molar-refractivity contribution in [2.24, 2.45) is 0 Å². The van der Waals surface area contributed by atoms with Crippen LogP contribution in [0.1, 0.15) is 26.3 Å². The number of amides is 3. The van der Waals surface area contributed by atoms with E-state index in [1.54, 1.807) is 30.0 Å². The predicted octanol–water partition coefficient (Wildman–Crippen LogP) is 3.44. The van der Waals surface area contributed by atoms with Crippen molar-refractivity contribution in [1.82, 2.24) is 4.90 Å². The highest BCUT2D eigenvalue weighted by Crippen LogP contribution is 2.23. The number of benzene rings is 1. The minimum Gasteiger partial charge on any atom is -0.450 e. The van der Waals surface area contributed by atoms with Crippen LogP contribution >= 0.6 is 0 Å². The van der Waals surface area contributed by atoms with Crippen molar-refractivity contribution in [3.8, 4) is 0 Å². The number of rotatable bonds is 5. The van der Waals surface area contributed by atoms with Gasteiger partial charge in [-0.3, -0.25) is 5.32 Å². The fraction of sp³-hybridized carbons (Fsp3) is 0.467. The summed E-state index contributed by atoms with van der Waals surface area (Å²) in [5, 5.41) is 5.51. The zero-order valence-electron chi connectivity index (χ0n) is 13.0. The maximum Gasteiger partial charge on any atom is 0.411 e. The molecular weight excluding hydrogens is 270 g/mol. The number of nitrogens with zero attached hydrogens (tertiary/aromatic N) is 1. The lowest BCUT2D eigenvalue weighted by atomic mass is 10.1. The van der Waals surface area contributed by atoms with E-state index in [1.165, 1.54) is 0 Å². The van der Waals surface area contributed by atoms with Crippen molar-refractivity contribution in [1.29, 1.82) is 0 Å². The molecule has 6 heteroatoms. The molecule has 0 bridgehead atoms. The highest BCUT2D eigenvalue weighted by Gasteiger charge is 2.13. The molecule has 0 fully saturated rings. The number of ether oxygens (including phenoxy) is 1. The summed E-state index contributed by atoms with van der Waals surface area (Å²) in [5.74, 6) is 0. The lowest BCUT2D eigenvalue weighted by Gasteiger charge is -2.20. The Balaban J connectivity index is 2.85. The molecule has 0 aliphatic heterocycles. The molecular formula is C15H23N3O3. The van der Waals surface area contributed by atoms with Crippen LogP contribution in [-0.4, -0.2) is 36.7 Å². The highest BCUT2D eigenvalue weighted by molar-refractivity contribution is 5.93. The summed E-state index contributed by atoms with van der Waals surface area (Å²) < 4.78 is 4.85. The first-order valence-electron chi connectivity index (χ1n) is 7.12. The van der Waals surface area contributed by atoms with Gasteiger partial charge in [0.15, 0.2) is 0 Å². The number of hydrogen-bond acceptors (Lipinski definition) is 3. The summed E-state index contributed by atoms with van der Waals surface area (Å²) in [6, 6.07) is 5.18. The maximum atomic E-state index is 12.1. The minimum atomic E-state index is -0.507. The first-order chi connectivity index (χ1) is 10.0. The average molecular weight is 293 g/mol. The third-order valence-corrected chi connectivity index (χ3v) is 3.14. The first-order valence-corrected chi connectivity index (χ1v) is 7.12. The number of hydrogen-bond donors (Lipinski definition) is 2. The molecule has 0 saturated heterocycles. The number of anilines is 2. The average Bonchev–Trinajstić information content (AvgIpc) is 2.45. The van der Waals surface area contributed by atoms with Crippen LogP contribution in [0.3, 0.4) is 0 Å². The van der Waals surface area contributed by atoms with Gasteiger partial charge in [-0.2, -0.15) is 0 Å². The molecule has 0 atom stereocenters. The fourth-order valence-electron chi connectivity index (χ4n) is 1.89. The summed E-state index contributed by atoms with van der Waals surface area (Å²) in [4.78, 5) is 25.2. The molecule has 21 heavy (non-hydrogen) atoms. The number of urea groups is 1. The van der Waals surface area contributed by atoms with Crippen LogP contribution in [0.4, 0.5) is 21.0 Å². The Labute approximate surface area is 125 Å². The van der Waals surface area contributed by atoms with Gasteiger partial charge in [-0.1, -0.05) is 6.07 Å². The van der Waals surface area contributed by atoms with Gasteiger partial charge in [0.1, 0.15) is 0 Å². The van der Waals surface area contributed by atoms with E-state index in [-0.39, 0.29) is 6.03 Å². The number of carbonyl (C=O) groups excluding carboxylic acids is 2. The van der Waals surface area contributed by atoms with Crippen LogP contribution in [0.15, 0.2) is 18.2 Å². The second-order valence-corrected chi connectivity index (χ2v) is 4.43. The smallest absolute Gasteiger partial charge is 0.411 e. The Kier molecular flexibility index (Phi) is 6.52. The molecule has 0 spiro atoms. The number of nitrogens with one attached hydrogen (secondary N) is 2. The van der Waals surface area contributed by atoms with E-state index in [9.17, 15) is 9.59 Å². The third kappa shape index (κ3) is 4.66. The van der Waals surface area contributed by atoms with E-state index in [2.05, 4.69) is 10.6 Å². The molecule has 2 N–H and O–H groups in total. The van der Waals surface area contributed by atoms with Gasteiger partial charge in [-0.25, -0.2) is 9.59 Å². The summed E-state index contributed by atoms with van der Waals surface area (Å²) in [7, 11) is 0. The number of carbonyl (C=O) groups is 2. The molecule has 1 aromatic rings. The second-order valence-electron chi connectivity index (χ2n) is 4.43. The Morgan fingerprint density at radius 1 is 1.10 bits per heavy atom. The Bertz CT molecular complexity index is 499. The molecule has 1 rings (SSSR count). The zero-order chi connectivity index (χ0) is 15.8. The van der Waals surface area contributed by atoms with Crippen molar-refractivity contribution >= 4 is 23.5 Å². The van der Waals surface area contributed by atoms with E-state index in [4.69, 9.17) is 4.74 Å². The van der Waals surface area contributed by atoms with Crippen molar-refractivity contribution in [2.75, 3.05) is 30.3 Å². The van der Waals surface area contributed by atoms with E-state index < -0.39 is 6.09 Å².